The molecule has 112 valence electrons. The Labute approximate surface area is 121 Å². The predicted octanol–water partition coefficient (Wildman–Crippen LogP) is 2.50. The summed E-state index contributed by atoms with van der Waals surface area (Å²) in [5.41, 5.74) is 1.83. The lowest BCUT2D eigenvalue weighted by Gasteiger charge is -2.44. The molecular weight excluding hydrogens is 255 g/mol. The number of likely N-dealkylation sites (N-methyl/N-ethyl adjacent to an activating group) is 1. The third-order valence-corrected chi connectivity index (χ3v) is 3.93. The Kier molecular flexibility index (Phi) is 5.13. The highest BCUT2D eigenvalue weighted by molar-refractivity contribution is 5.28. The van der Waals surface area contributed by atoms with E-state index in [1.807, 2.05) is 26.1 Å². The second kappa shape index (κ2) is 6.66. The summed E-state index contributed by atoms with van der Waals surface area (Å²) >= 11 is 0. The zero-order valence-electron chi connectivity index (χ0n) is 12.8. The van der Waals surface area contributed by atoms with Gasteiger partial charge < -0.3 is 10.1 Å². The summed E-state index contributed by atoms with van der Waals surface area (Å²) in [6, 6.07) is 5.66. The third kappa shape index (κ3) is 3.19. The van der Waals surface area contributed by atoms with Crippen LogP contribution in [0.4, 0.5) is 4.39 Å². The summed E-state index contributed by atoms with van der Waals surface area (Å²) < 4.78 is 20.2. The van der Waals surface area contributed by atoms with E-state index in [0.29, 0.717) is 12.6 Å². The first-order chi connectivity index (χ1) is 9.54. The van der Waals surface area contributed by atoms with Gasteiger partial charge in [0.05, 0.1) is 18.8 Å². The fraction of sp³-hybridized carbons (Fsp3) is 0.625. The second-order valence-electron chi connectivity index (χ2n) is 5.77. The highest BCUT2D eigenvalue weighted by Gasteiger charge is 2.36. The summed E-state index contributed by atoms with van der Waals surface area (Å²) in [6.07, 6.45) is -0.0209. The van der Waals surface area contributed by atoms with E-state index < -0.39 is 0 Å². The van der Waals surface area contributed by atoms with Gasteiger partial charge in [-0.3, -0.25) is 4.90 Å². The van der Waals surface area contributed by atoms with Gasteiger partial charge in [0.25, 0.3) is 0 Å². The molecule has 3 nitrogen and oxygen atoms in total. The number of nitrogens with zero attached hydrogens (tertiary/aromatic N) is 1. The number of ether oxygens (including phenoxy) is 1. The molecule has 1 aromatic rings. The van der Waals surface area contributed by atoms with Gasteiger partial charge in [0.2, 0.25) is 0 Å². The molecule has 1 N–H and O–H groups in total. The Balaban J connectivity index is 2.40. The van der Waals surface area contributed by atoms with Crippen LogP contribution in [-0.2, 0) is 4.74 Å². The number of halogens is 1. The molecule has 1 aliphatic heterocycles. The lowest BCUT2D eigenvalue weighted by molar-refractivity contribution is -0.0825. The van der Waals surface area contributed by atoms with Crippen molar-refractivity contribution in [1.29, 1.82) is 0 Å². The number of benzene rings is 1. The van der Waals surface area contributed by atoms with Gasteiger partial charge in [-0.05, 0) is 33.9 Å². The molecule has 20 heavy (non-hydrogen) atoms. The van der Waals surface area contributed by atoms with Crippen LogP contribution in [0.5, 0.6) is 0 Å². The minimum absolute atomic E-state index is 0.0209. The van der Waals surface area contributed by atoms with E-state index in [1.54, 1.807) is 6.07 Å². The largest absolute Gasteiger partial charge is 0.374 e. The van der Waals surface area contributed by atoms with E-state index in [9.17, 15) is 4.39 Å². The summed E-state index contributed by atoms with van der Waals surface area (Å²) in [6.45, 7) is 8.58. The summed E-state index contributed by atoms with van der Waals surface area (Å²) in [7, 11) is 1.90. The second-order valence-corrected chi connectivity index (χ2v) is 5.77. The van der Waals surface area contributed by atoms with Crippen molar-refractivity contribution >= 4 is 0 Å². The maximum atomic E-state index is 14.3. The molecule has 4 heteroatoms. The van der Waals surface area contributed by atoms with Crippen LogP contribution in [0.25, 0.3) is 0 Å². The Bertz CT molecular complexity index is 448. The normalized spacial score (nSPS) is 24.3. The number of hydrogen-bond donors (Lipinski definition) is 1. The molecule has 0 amide bonds. The molecule has 1 saturated heterocycles. The van der Waals surface area contributed by atoms with Gasteiger partial charge >= 0.3 is 0 Å². The summed E-state index contributed by atoms with van der Waals surface area (Å²) in [5.74, 6) is -0.141. The van der Waals surface area contributed by atoms with Crippen LogP contribution in [0.2, 0.25) is 0 Å². The molecule has 1 aromatic carbocycles. The van der Waals surface area contributed by atoms with Crippen LogP contribution in [0.3, 0.4) is 0 Å². The Hall–Kier alpha value is -0.970. The lowest BCUT2D eigenvalue weighted by Crippen LogP contribution is -2.51. The van der Waals surface area contributed by atoms with Gasteiger partial charge in [-0.1, -0.05) is 17.7 Å². The van der Waals surface area contributed by atoms with Gasteiger partial charge in [-0.15, -0.1) is 0 Å². The number of morpholine rings is 1. The maximum absolute atomic E-state index is 14.3. The summed E-state index contributed by atoms with van der Waals surface area (Å²) in [4.78, 5) is 2.34. The van der Waals surface area contributed by atoms with Crippen molar-refractivity contribution in [3.63, 3.8) is 0 Å². The fourth-order valence-corrected chi connectivity index (χ4v) is 2.97. The van der Waals surface area contributed by atoms with Crippen molar-refractivity contribution in [2.75, 3.05) is 26.7 Å². The van der Waals surface area contributed by atoms with Gasteiger partial charge in [-0.2, -0.15) is 0 Å². The first-order valence-corrected chi connectivity index (χ1v) is 7.32. The first kappa shape index (κ1) is 15.4. The number of aryl methyl sites for hydroxylation is 1. The smallest absolute Gasteiger partial charge is 0.128 e. The Morgan fingerprint density at radius 3 is 2.85 bits per heavy atom. The molecule has 2 rings (SSSR count). The molecule has 1 heterocycles. The van der Waals surface area contributed by atoms with Crippen molar-refractivity contribution in [3.05, 3.63) is 35.1 Å². The average Bonchev–Trinajstić information content (AvgIpc) is 2.42. The molecule has 0 spiro atoms. The van der Waals surface area contributed by atoms with Gasteiger partial charge in [-0.25, -0.2) is 4.39 Å². The van der Waals surface area contributed by atoms with Crippen molar-refractivity contribution in [3.8, 4) is 0 Å². The van der Waals surface area contributed by atoms with E-state index in [1.165, 1.54) is 0 Å². The van der Waals surface area contributed by atoms with Crippen LogP contribution in [0.1, 0.15) is 31.0 Å². The Morgan fingerprint density at radius 2 is 2.20 bits per heavy atom. The van der Waals surface area contributed by atoms with Crippen molar-refractivity contribution in [2.45, 2.75) is 39.0 Å². The SMILES string of the molecule is CNCC1OCCN(C(C)C)C1c1cc(C)ccc1F. The van der Waals surface area contributed by atoms with Crippen LogP contribution in [0, 0.1) is 12.7 Å². The summed E-state index contributed by atoms with van der Waals surface area (Å²) in [5, 5.41) is 3.16. The maximum Gasteiger partial charge on any atom is 0.128 e. The van der Waals surface area contributed by atoms with Crippen LogP contribution in [-0.4, -0.2) is 43.8 Å². The van der Waals surface area contributed by atoms with Gasteiger partial charge in [0.15, 0.2) is 0 Å². The molecule has 1 aliphatic rings. The third-order valence-electron chi connectivity index (χ3n) is 3.93. The van der Waals surface area contributed by atoms with Crippen molar-refractivity contribution in [1.82, 2.24) is 10.2 Å². The number of nitrogens with one attached hydrogen (secondary N) is 1. The first-order valence-electron chi connectivity index (χ1n) is 7.32. The highest BCUT2D eigenvalue weighted by Crippen LogP contribution is 2.33. The Morgan fingerprint density at radius 1 is 1.45 bits per heavy atom. The molecular formula is C16H25FN2O. The average molecular weight is 280 g/mol. The van der Waals surface area contributed by atoms with E-state index >= 15 is 0 Å². The van der Waals surface area contributed by atoms with Gasteiger partial charge in [0.1, 0.15) is 5.82 Å². The molecule has 0 bridgehead atoms. The minimum Gasteiger partial charge on any atom is -0.374 e. The van der Waals surface area contributed by atoms with Crippen molar-refractivity contribution in [2.24, 2.45) is 0 Å². The molecule has 0 aliphatic carbocycles. The molecule has 0 radical (unpaired) electrons. The lowest BCUT2D eigenvalue weighted by atomic mass is 9.94. The topological polar surface area (TPSA) is 24.5 Å². The zero-order chi connectivity index (χ0) is 14.7. The molecule has 1 fully saturated rings. The van der Waals surface area contributed by atoms with Gasteiger partial charge in [0, 0.05) is 24.7 Å². The monoisotopic (exact) mass is 280 g/mol. The van der Waals surface area contributed by atoms with E-state index in [-0.39, 0.29) is 18.0 Å². The van der Waals surface area contributed by atoms with Crippen LogP contribution in [0.15, 0.2) is 18.2 Å². The quantitative estimate of drug-likeness (QED) is 0.917. The van der Waals surface area contributed by atoms with E-state index in [0.717, 1.165) is 24.2 Å². The standard InChI is InChI=1S/C16H25FN2O/c1-11(2)19-7-8-20-15(10-18-4)16(19)13-9-12(3)5-6-14(13)17/h5-6,9,11,15-16,18H,7-8,10H2,1-4H3. The minimum atomic E-state index is -0.141. The molecule has 2 atom stereocenters. The molecule has 0 aromatic heterocycles. The zero-order valence-corrected chi connectivity index (χ0v) is 12.8. The van der Waals surface area contributed by atoms with Crippen molar-refractivity contribution < 1.29 is 9.13 Å². The number of hydrogen-bond acceptors (Lipinski definition) is 3. The molecule has 0 saturated carbocycles. The number of rotatable bonds is 4. The van der Waals surface area contributed by atoms with Crippen LogP contribution >= 0.6 is 0 Å². The van der Waals surface area contributed by atoms with E-state index in [2.05, 4.69) is 24.1 Å². The van der Waals surface area contributed by atoms with Crippen LogP contribution < -0.4 is 5.32 Å². The molecule has 2 unspecified atom stereocenters. The highest BCUT2D eigenvalue weighted by atomic mass is 19.1. The predicted molar refractivity (Wildman–Crippen MR) is 79.4 cm³/mol. The fourth-order valence-electron chi connectivity index (χ4n) is 2.97. The van der Waals surface area contributed by atoms with E-state index in [4.69, 9.17) is 4.74 Å².